The van der Waals surface area contributed by atoms with Crippen molar-refractivity contribution in [2.24, 2.45) is 0 Å². The summed E-state index contributed by atoms with van der Waals surface area (Å²) in [7, 11) is 2.28. The molecule has 58 heavy (non-hydrogen) atoms. The molecule has 24 nitrogen and oxygen atoms in total. The monoisotopic (exact) mass is 840 g/mol. The number of esters is 10. The topological polar surface area (TPSA) is 300 Å². The summed E-state index contributed by atoms with van der Waals surface area (Å²) >= 11 is 0. The van der Waals surface area contributed by atoms with Crippen molar-refractivity contribution in [3.8, 4) is 0 Å². The minimum atomic E-state index is -1.42. The molecule has 24 heteroatoms. The first-order valence-electron chi connectivity index (χ1n) is 17.1. The fourth-order valence-corrected chi connectivity index (χ4v) is 5.06. The van der Waals surface area contributed by atoms with Gasteiger partial charge in [-0.15, -0.1) is 0 Å². The molecule has 0 aromatic carbocycles. The van der Waals surface area contributed by atoms with E-state index in [0.29, 0.717) is 0 Å². The van der Waals surface area contributed by atoms with Crippen molar-refractivity contribution in [1.82, 2.24) is 0 Å². The van der Waals surface area contributed by atoms with Crippen LogP contribution in [0.2, 0.25) is 0 Å². The van der Waals surface area contributed by atoms with Crippen LogP contribution in [-0.2, 0) is 114 Å². The minimum absolute atomic E-state index is 0.393. The molecule has 0 aliphatic carbocycles. The molecule has 2 aliphatic heterocycles. The average Bonchev–Trinajstić information content (AvgIpc) is 3.11. The highest BCUT2D eigenvalue weighted by Gasteiger charge is 2.54. The van der Waals surface area contributed by atoms with Gasteiger partial charge in [0.1, 0.15) is 38.6 Å². The van der Waals surface area contributed by atoms with E-state index in [1.807, 2.05) is 0 Å². The Morgan fingerprint density at radius 1 is 0.379 bits per heavy atom. The molecule has 0 bridgehead atoms. The lowest BCUT2D eigenvalue weighted by atomic mass is 9.98. The lowest BCUT2D eigenvalue weighted by Gasteiger charge is -2.43. The fraction of sp³-hybridized carbons (Fsp3) is 0.706. The van der Waals surface area contributed by atoms with Gasteiger partial charge in [-0.1, -0.05) is 0 Å². The van der Waals surface area contributed by atoms with E-state index in [9.17, 15) is 47.9 Å². The quantitative estimate of drug-likeness (QED) is 0.126. The van der Waals surface area contributed by atoms with E-state index < -0.39 is 148 Å². The summed E-state index contributed by atoms with van der Waals surface area (Å²) in [6.45, 7) is 6.94. The second-order valence-corrected chi connectivity index (χ2v) is 11.9. The van der Waals surface area contributed by atoms with Crippen molar-refractivity contribution in [1.29, 1.82) is 0 Å². The summed E-state index contributed by atoms with van der Waals surface area (Å²) < 4.78 is 71.7. The minimum Gasteiger partial charge on any atom is -0.467 e. The summed E-state index contributed by atoms with van der Waals surface area (Å²) in [5, 5.41) is 0. The Kier molecular flexibility index (Phi) is 21.8. The van der Waals surface area contributed by atoms with Crippen molar-refractivity contribution in [2.75, 3.05) is 40.6 Å². The lowest BCUT2D eigenvalue weighted by molar-refractivity contribution is -0.307. The molecule has 2 heterocycles. The molecule has 2 saturated heterocycles. The number of carbonyl (C=O) groups is 10. The van der Waals surface area contributed by atoms with Gasteiger partial charge in [-0.05, 0) is 0 Å². The maximum Gasteiger partial charge on any atom is 0.331 e. The molecule has 2 rings (SSSR count). The van der Waals surface area contributed by atoms with E-state index in [2.05, 4.69) is 9.47 Å². The lowest BCUT2D eigenvalue weighted by Crippen LogP contribution is -2.63. The molecule has 0 aromatic heterocycles. The number of hydrogen-bond acceptors (Lipinski definition) is 24. The highest BCUT2D eigenvalue weighted by Crippen LogP contribution is 2.31. The van der Waals surface area contributed by atoms with Crippen LogP contribution in [0.5, 0.6) is 0 Å². The number of carbonyl (C=O) groups excluding carboxylic acids is 10. The molecule has 0 spiro atoms. The zero-order valence-corrected chi connectivity index (χ0v) is 33.4. The summed E-state index contributed by atoms with van der Waals surface area (Å²) in [5.74, 6) is -7.39. The maximum atomic E-state index is 11.6. The van der Waals surface area contributed by atoms with Gasteiger partial charge in [0.05, 0.1) is 14.2 Å². The molecule has 10 atom stereocenters. The Morgan fingerprint density at radius 2 is 0.638 bits per heavy atom. The Morgan fingerprint density at radius 3 is 0.879 bits per heavy atom. The van der Waals surface area contributed by atoms with Crippen LogP contribution in [0, 0.1) is 0 Å². The van der Waals surface area contributed by atoms with Crippen LogP contribution in [0.15, 0.2) is 0 Å². The van der Waals surface area contributed by atoms with Gasteiger partial charge in [-0.2, -0.15) is 0 Å². The number of rotatable bonds is 16. The van der Waals surface area contributed by atoms with Gasteiger partial charge in [-0.25, -0.2) is 9.59 Å². The normalized spacial score (nSPS) is 26.0. The zero-order valence-electron chi connectivity index (χ0n) is 33.4. The molecule has 0 unspecified atom stereocenters. The Bertz CT molecular complexity index is 1370. The Balaban J connectivity index is 0.000000580. The number of ether oxygens (including phenoxy) is 14. The van der Waals surface area contributed by atoms with Crippen molar-refractivity contribution in [3.63, 3.8) is 0 Å². The van der Waals surface area contributed by atoms with E-state index in [1.165, 1.54) is 0 Å². The van der Waals surface area contributed by atoms with Gasteiger partial charge in [0.15, 0.2) is 49.2 Å². The van der Waals surface area contributed by atoms with E-state index in [4.69, 9.17) is 56.8 Å². The van der Waals surface area contributed by atoms with Crippen molar-refractivity contribution < 1.29 is 114 Å². The van der Waals surface area contributed by atoms with E-state index in [0.717, 1.165) is 69.6 Å². The van der Waals surface area contributed by atoms with Crippen LogP contribution < -0.4 is 0 Å². The third kappa shape index (κ3) is 18.2. The van der Waals surface area contributed by atoms with Gasteiger partial charge in [0.2, 0.25) is 0 Å². The van der Waals surface area contributed by atoms with Gasteiger partial charge in [0.25, 0.3) is 0 Å². The summed E-state index contributed by atoms with van der Waals surface area (Å²) in [6, 6.07) is 0. The second kappa shape index (κ2) is 25.0. The highest BCUT2D eigenvalue weighted by atomic mass is 16.8. The van der Waals surface area contributed by atoms with Gasteiger partial charge < -0.3 is 66.3 Å². The van der Waals surface area contributed by atoms with Gasteiger partial charge in [0, 0.05) is 55.4 Å². The molecule has 0 saturated carbocycles. The Hall–Kier alpha value is -5.46. The molecule has 2 fully saturated rings. The SMILES string of the molecule is COC(=O)CO[C@@H]1O[C@H](COC(C)=O)[C@@H](OC(C)=O)[C@H](OC(C)=O)[C@H]1OC(C)=O.COC(=O)CO[C@@H]1O[C@H](COC(C)=O)[C@@H](OC(C)=O)[C@H](OC(C)=O)[C@H]1OC(C)=O. The summed E-state index contributed by atoms with van der Waals surface area (Å²) in [6.07, 6.45) is -13.2. The summed E-state index contributed by atoms with van der Waals surface area (Å²) in [4.78, 5) is 115. The van der Waals surface area contributed by atoms with Gasteiger partial charge >= 0.3 is 59.7 Å². The van der Waals surface area contributed by atoms with Crippen LogP contribution in [0.4, 0.5) is 0 Å². The molecule has 2 aliphatic rings. The first-order valence-corrected chi connectivity index (χ1v) is 17.1. The number of methoxy groups -OCH3 is 2. The third-order valence-corrected chi connectivity index (χ3v) is 7.08. The highest BCUT2D eigenvalue weighted by molar-refractivity contribution is 5.72. The van der Waals surface area contributed by atoms with Crippen LogP contribution in [0.3, 0.4) is 0 Å². The Labute approximate surface area is 331 Å². The van der Waals surface area contributed by atoms with E-state index in [1.54, 1.807) is 0 Å². The number of hydrogen-bond donors (Lipinski definition) is 0. The van der Waals surface area contributed by atoms with E-state index in [-0.39, 0.29) is 0 Å². The van der Waals surface area contributed by atoms with Crippen molar-refractivity contribution in [2.45, 2.75) is 117 Å². The molecule has 0 N–H and O–H groups in total. The average molecular weight is 841 g/mol. The van der Waals surface area contributed by atoms with Crippen LogP contribution in [0.25, 0.3) is 0 Å². The summed E-state index contributed by atoms with van der Waals surface area (Å²) in [5.41, 5.74) is 0. The second-order valence-electron chi connectivity index (χ2n) is 11.9. The predicted molar refractivity (Wildman–Crippen MR) is 180 cm³/mol. The molecular weight excluding hydrogens is 792 g/mol. The fourth-order valence-electron chi connectivity index (χ4n) is 5.06. The van der Waals surface area contributed by atoms with Gasteiger partial charge in [-0.3, -0.25) is 38.4 Å². The standard InChI is InChI=1S/2C17H24O12/c2*1-8(18)24-6-12-14(26-9(2)19)15(27-10(3)20)16(28-11(4)21)17(29-12)25-7-13(22)23-5/h2*12,14-17H,6-7H2,1-5H3/t2*12-,14-,15+,16-,17-/m11/s1. The molecule has 0 radical (unpaired) electrons. The van der Waals surface area contributed by atoms with Crippen LogP contribution in [-0.4, -0.2) is 162 Å². The predicted octanol–water partition coefficient (Wildman–Crippen LogP) is -1.48. The molecular formula is C34H48O24. The first kappa shape index (κ1) is 50.6. The molecule has 0 amide bonds. The molecule has 0 aromatic rings. The maximum absolute atomic E-state index is 11.6. The third-order valence-electron chi connectivity index (χ3n) is 7.08. The van der Waals surface area contributed by atoms with Crippen LogP contribution >= 0.6 is 0 Å². The molecule has 328 valence electrons. The van der Waals surface area contributed by atoms with Crippen molar-refractivity contribution in [3.05, 3.63) is 0 Å². The van der Waals surface area contributed by atoms with Crippen molar-refractivity contribution >= 4 is 59.7 Å². The van der Waals surface area contributed by atoms with E-state index >= 15 is 0 Å². The largest absolute Gasteiger partial charge is 0.467 e. The zero-order chi connectivity index (χ0) is 44.3. The van der Waals surface area contributed by atoms with Crippen LogP contribution in [0.1, 0.15) is 55.4 Å². The first-order chi connectivity index (χ1) is 27.1. The smallest absolute Gasteiger partial charge is 0.331 e.